The number of hydrogen-bond acceptors (Lipinski definition) is 5. The van der Waals surface area contributed by atoms with Crippen molar-refractivity contribution in [3.05, 3.63) is 66.6 Å². The number of carbonyl (C=O) groups excluding carboxylic acids is 1. The molecule has 1 saturated carbocycles. The van der Waals surface area contributed by atoms with Crippen LogP contribution in [0.15, 0.2) is 65.4 Å². The minimum atomic E-state index is 0.00392. The Morgan fingerprint density at radius 2 is 1.93 bits per heavy atom. The molecule has 1 unspecified atom stereocenters. The van der Waals surface area contributed by atoms with E-state index in [1.54, 1.807) is 12.1 Å². The van der Waals surface area contributed by atoms with Crippen LogP contribution in [0.3, 0.4) is 0 Å². The molecule has 0 N–H and O–H groups in total. The van der Waals surface area contributed by atoms with Crippen molar-refractivity contribution in [2.24, 2.45) is 5.92 Å². The van der Waals surface area contributed by atoms with Crippen molar-refractivity contribution >= 4 is 5.91 Å². The molecule has 1 aliphatic rings. The highest BCUT2D eigenvalue weighted by Gasteiger charge is 2.34. The number of ether oxygens (including phenoxy) is 1. The highest BCUT2D eigenvalue weighted by atomic mass is 16.5. The molecule has 6 nitrogen and oxygen atoms in total. The zero-order chi connectivity index (χ0) is 19.3. The van der Waals surface area contributed by atoms with Gasteiger partial charge in [0.1, 0.15) is 5.75 Å². The van der Waals surface area contributed by atoms with Gasteiger partial charge < -0.3 is 14.1 Å². The molecule has 0 radical (unpaired) electrons. The lowest BCUT2D eigenvalue weighted by Crippen LogP contribution is -2.42. The third kappa shape index (κ3) is 4.39. The van der Waals surface area contributed by atoms with Gasteiger partial charge in [0.2, 0.25) is 12.3 Å². The molecule has 1 heterocycles. The first-order chi connectivity index (χ1) is 13.7. The second-order valence-electron chi connectivity index (χ2n) is 7.14. The lowest BCUT2D eigenvalue weighted by Gasteiger charge is -2.29. The molecule has 0 saturated heterocycles. The normalized spacial score (nSPS) is 14.5. The SMILES string of the molecule is CC(C1CC1)N(Cc1ccccc1)C(=O)COc1ccc(-c2nnco2)cc1. The van der Waals surface area contributed by atoms with E-state index in [1.807, 2.05) is 35.2 Å². The van der Waals surface area contributed by atoms with Crippen molar-refractivity contribution in [2.75, 3.05) is 6.61 Å². The third-order valence-corrected chi connectivity index (χ3v) is 5.14. The maximum absolute atomic E-state index is 12.9. The van der Waals surface area contributed by atoms with E-state index in [-0.39, 0.29) is 18.6 Å². The molecule has 1 atom stereocenters. The van der Waals surface area contributed by atoms with Gasteiger partial charge >= 0.3 is 0 Å². The summed E-state index contributed by atoms with van der Waals surface area (Å²) in [6.45, 7) is 2.76. The number of hydrogen-bond donors (Lipinski definition) is 0. The average Bonchev–Trinajstić information content (AvgIpc) is 3.45. The smallest absolute Gasteiger partial charge is 0.261 e. The summed E-state index contributed by atoms with van der Waals surface area (Å²) in [6, 6.07) is 17.6. The van der Waals surface area contributed by atoms with Crippen molar-refractivity contribution in [2.45, 2.75) is 32.4 Å². The minimum Gasteiger partial charge on any atom is -0.484 e. The summed E-state index contributed by atoms with van der Waals surface area (Å²) in [5.74, 6) is 1.69. The maximum Gasteiger partial charge on any atom is 0.261 e. The molecular weight excluding hydrogens is 354 g/mol. The van der Waals surface area contributed by atoms with Crippen molar-refractivity contribution < 1.29 is 13.9 Å². The largest absolute Gasteiger partial charge is 0.484 e. The van der Waals surface area contributed by atoms with E-state index in [2.05, 4.69) is 29.3 Å². The number of amides is 1. The Morgan fingerprint density at radius 1 is 1.18 bits per heavy atom. The highest BCUT2D eigenvalue weighted by molar-refractivity contribution is 5.78. The molecular formula is C22H23N3O3. The molecule has 1 amide bonds. The predicted molar refractivity (Wildman–Crippen MR) is 104 cm³/mol. The van der Waals surface area contributed by atoms with Gasteiger partial charge in [-0.3, -0.25) is 4.79 Å². The van der Waals surface area contributed by atoms with E-state index < -0.39 is 0 Å². The molecule has 2 aromatic carbocycles. The first kappa shape index (κ1) is 18.2. The lowest BCUT2D eigenvalue weighted by atomic mass is 10.1. The Morgan fingerprint density at radius 3 is 2.57 bits per heavy atom. The topological polar surface area (TPSA) is 68.5 Å². The van der Waals surface area contributed by atoms with E-state index in [1.165, 1.54) is 19.2 Å². The van der Waals surface area contributed by atoms with E-state index in [0.29, 0.717) is 24.1 Å². The van der Waals surface area contributed by atoms with Gasteiger partial charge in [-0.25, -0.2) is 0 Å². The molecule has 144 valence electrons. The van der Waals surface area contributed by atoms with Crippen molar-refractivity contribution in [1.29, 1.82) is 0 Å². The van der Waals surface area contributed by atoms with Crippen LogP contribution < -0.4 is 4.74 Å². The van der Waals surface area contributed by atoms with E-state index in [4.69, 9.17) is 9.15 Å². The molecule has 0 bridgehead atoms. The summed E-state index contributed by atoms with van der Waals surface area (Å²) in [5.41, 5.74) is 1.94. The molecule has 3 aromatic rings. The van der Waals surface area contributed by atoms with Gasteiger partial charge in [0.05, 0.1) is 0 Å². The van der Waals surface area contributed by atoms with E-state index in [0.717, 1.165) is 11.1 Å². The van der Waals surface area contributed by atoms with Gasteiger partial charge in [-0.1, -0.05) is 30.3 Å². The Kier molecular flexibility index (Phi) is 5.37. The van der Waals surface area contributed by atoms with Crippen molar-refractivity contribution in [1.82, 2.24) is 15.1 Å². The fourth-order valence-electron chi connectivity index (χ4n) is 3.29. The summed E-state index contributed by atoms with van der Waals surface area (Å²) in [5, 5.41) is 7.55. The summed E-state index contributed by atoms with van der Waals surface area (Å²) in [7, 11) is 0. The van der Waals surface area contributed by atoms with Crippen molar-refractivity contribution in [3.8, 4) is 17.2 Å². The first-order valence-corrected chi connectivity index (χ1v) is 9.53. The van der Waals surface area contributed by atoms with Gasteiger partial charge in [0.15, 0.2) is 6.61 Å². The Hall–Kier alpha value is -3.15. The molecule has 28 heavy (non-hydrogen) atoms. The van der Waals surface area contributed by atoms with Crippen LogP contribution in [0.2, 0.25) is 0 Å². The van der Waals surface area contributed by atoms with E-state index in [9.17, 15) is 4.79 Å². The molecule has 6 heteroatoms. The van der Waals surface area contributed by atoms with E-state index >= 15 is 0 Å². The fourth-order valence-corrected chi connectivity index (χ4v) is 3.29. The lowest BCUT2D eigenvalue weighted by molar-refractivity contribution is -0.136. The standard InChI is InChI=1S/C22H23N3O3/c1-16(18-7-8-18)25(13-17-5-3-2-4-6-17)21(26)14-27-20-11-9-19(10-12-20)22-24-23-15-28-22/h2-6,9-12,15-16,18H,7-8,13-14H2,1H3. The molecule has 1 aromatic heterocycles. The molecule has 1 fully saturated rings. The Bertz CT molecular complexity index is 891. The summed E-state index contributed by atoms with van der Waals surface area (Å²) < 4.78 is 10.9. The van der Waals surface area contributed by atoms with Gasteiger partial charge in [0, 0.05) is 18.2 Å². The van der Waals surface area contributed by atoms with Crippen LogP contribution in [0.5, 0.6) is 5.75 Å². The van der Waals surface area contributed by atoms with Crippen LogP contribution in [0, 0.1) is 5.92 Å². The van der Waals surface area contributed by atoms with Crippen LogP contribution in [-0.2, 0) is 11.3 Å². The molecule has 1 aliphatic carbocycles. The fraction of sp³-hybridized carbons (Fsp3) is 0.318. The third-order valence-electron chi connectivity index (χ3n) is 5.14. The quantitative estimate of drug-likeness (QED) is 0.595. The number of benzene rings is 2. The van der Waals surface area contributed by atoms with Crippen LogP contribution in [-0.4, -0.2) is 33.7 Å². The zero-order valence-corrected chi connectivity index (χ0v) is 15.8. The Labute approximate surface area is 164 Å². The molecule has 0 spiro atoms. The zero-order valence-electron chi connectivity index (χ0n) is 15.8. The number of carbonyl (C=O) groups is 1. The molecule has 4 rings (SSSR count). The van der Waals surface area contributed by atoms with Gasteiger partial charge in [-0.2, -0.15) is 0 Å². The second kappa shape index (κ2) is 8.25. The predicted octanol–water partition coefficient (Wildman–Crippen LogP) is 3.94. The van der Waals surface area contributed by atoms with Crippen LogP contribution in [0.25, 0.3) is 11.5 Å². The monoisotopic (exact) mass is 377 g/mol. The highest BCUT2D eigenvalue weighted by Crippen LogP contribution is 2.35. The average molecular weight is 377 g/mol. The minimum absolute atomic E-state index is 0.00392. The van der Waals surface area contributed by atoms with Crippen LogP contribution in [0.1, 0.15) is 25.3 Å². The van der Waals surface area contributed by atoms with Crippen LogP contribution >= 0.6 is 0 Å². The summed E-state index contributed by atoms with van der Waals surface area (Å²) in [6.07, 6.45) is 3.68. The van der Waals surface area contributed by atoms with Gasteiger partial charge in [-0.15, -0.1) is 10.2 Å². The number of nitrogens with zero attached hydrogens (tertiary/aromatic N) is 3. The summed E-state index contributed by atoms with van der Waals surface area (Å²) in [4.78, 5) is 14.9. The van der Waals surface area contributed by atoms with Crippen LogP contribution in [0.4, 0.5) is 0 Å². The summed E-state index contributed by atoms with van der Waals surface area (Å²) >= 11 is 0. The second-order valence-corrected chi connectivity index (χ2v) is 7.14. The molecule has 0 aliphatic heterocycles. The number of rotatable bonds is 8. The van der Waals surface area contributed by atoms with Gasteiger partial charge in [0.25, 0.3) is 5.91 Å². The first-order valence-electron chi connectivity index (χ1n) is 9.53. The van der Waals surface area contributed by atoms with Crippen molar-refractivity contribution in [3.63, 3.8) is 0 Å². The number of aromatic nitrogens is 2. The Balaban J connectivity index is 1.39. The maximum atomic E-state index is 12.9. The van der Waals surface area contributed by atoms with Gasteiger partial charge in [-0.05, 0) is 55.5 Å².